The van der Waals surface area contributed by atoms with E-state index < -0.39 is 0 Å². The molecule has 4 N–H and O–H groups in total. The topological polar surface area (TPSA) is 89.8 Å². The van der Waals surface area contributed by atoms with E-state index in [0.29, 0.717) is 0 Å². The first-order valence-corrected chi connectivity index (χ1v) is 11.7. The summed E-state index contributed by atoms with van der Waals surface area (Å²) in [7, 11) is 0. The SMILES string of the molecule is CC(=O)Nc1cccc(-c2c[nH]c(-c3cccc(-c4c[nH]c(-c5cccc(NC(C)=O)c5)c4)c3)c2)c1. The Kier molecular flexibility index (Phi) is 6.24. The molecule has 0 fully saturated rings. The normalized spacial score (nSPS) is 10.7. The molecule has 5 aromatic rings. The third-order valence-electron chi connectivity index (χ3n) is 5.88. The van der Waals surface area contributed by atoms with Crippen molar-refractivity contribution in [2.24, 2.45) is 0 Å². The summed E-state index contributed by atoms with van der Waals surface area (Å²) in [6.45, 7) is 3.01. The number of aromatic amines is 2. The molecule has 0 spiro atoms. The number of H-pyrrole nitrogens is 2. The van der Waals surface area contributed by atoms with Crippen molar-refractivity contribution in [1.82, 2.24) is 9.97 Å². The number of nitrogens with one attached hydrogen (secondary N) is 4. The first-order valence-electron chi connectivity index (χ1n) is 11.7. The summed E-state index contributed by atoms with van der Waals surface area (Å²) in [4.78, 5) is 29.5. The Balaban J connectivity index is 1.39. The fraction of sp³-hybridized carbons (Fsp3) is 0.0667. The van der Waals surface area contributed by atoms with Crippen LogP contribution in [0, 0.1) is 0 Å². The molecule has 0 aliphatic heterocycles. The molecule has 2 heterocycles. The van der Waals surface area contributed by atoms with Crippen LogP contribution >= 0.6 is 0 Å². The summed E-state index contributed by atoms with van der Waals surface area (Å²) in [6, 6.07) is 28.2. The van der Waals surface area contributed by atoms with E-state index in [2.05, 4.69) is 50.9 Å². The van der Waals surface area contributed by atoms with Crippen LogP contribution in [-0.4, -0.2) is 21.8 Å². The number of benzene rings is 3. The molecule has 6 nitrogen and oxygen atoms in total. The number of hydrogen-bond donors (Lipinski definition) is 4. The van der Waals surface area contributed by atoms with Gasteiger partial charge in [-0.25, -0.2) is 0 Å². The molecular weight excluding hydrogens is 448 g/mol. The quantitative estimate of drug-likeness (QED) is 0.215. The molecule has 0 saturated heterocycles. The summed E-state index contributed by atoms with van der Waals surface area (Å²) < 4.78 is 0. The van der Waals surface area contributed by atoms with Crippen LogP contribution in [0.5, 0.6) is 0 Å². The van der Waals surface area contributed by atoms with Gasteiger partial charge in [0.05, 0.1) is 0 Å². The lowest BCUT2D eigenvalue weighted by Gasteiger charge is -2.05. The zero-order valence-corrected chi connectivity index (χ0v) is 20.1. The van der Waals surface area contributed by atoms with Crippen LogP contribution in [0.4, 0.5) is 11.4 Å². The standard InChI is InChI=1S/C30H26N4O2/c1-19(35)33-27-10-4-7-22(13-27)26-16-29(31-18-26)23-8-3-6-21(12-23)25-15-30(32-17-25)24-9-5-11-28(14-24)34-20(2)36/h3-18,31-32H,1-2H3,(H,33,35)(H,34,36). The average molecular weight is 475 g/mol. The lowest BCUT2D eigenvalue weighted by molar-refractivity contribution is -0.115. The molecule has 0 radical (unpaired) electrons. The summed E-state index contributed by atoms with van der Waals surface area (Å²) >= 11 is 0. The van der Waals surface area contributed by atoms with Crippen molar-refractivity contribution < 1.29 is 9.59 Å². The van der Waals surface area contributed by atoms with Crippen molar-refractivity contribution in [1.29, 1.82) is 0 Å². The Morgan fingerprint density at radius 3 is 1.47 bits per heavy atom. The largest absolute Gasteiger partial charge is 0.361 e. The van der Waals surface area contributed by atoms with Gasteiger partial charge >= 0.3 is 0 Å². The Bertz CT molecular complexity index is 1450. The highest BCUT2D eigenvalue weighted by Crippen LogP contribution is 2.32. The van der Waals surface area contributed by atoms with Gasteiger partial charge in [-0.15, -0.1) is 0 Å². The van der Waals surface area contributed by atoms with Crippen molar-refractivity contribution in [2.75, 3.05) is 10.6 Å². The second-order valence-electron chi connectivity index (χ2n) is 8.71. The Hall–Kier alpha value is -4.84. The van der Waals surface area contributed by atoms with Crippen molar-refractivity contribution in [3.8, 4) is 44.8 Å². The van der Waals surface area contributed by atoms with Gasteiger partial charge in [-0.05, 0) is 75.8 Å². The molecule has 0 unspecified atom stereocenters. The van der Waals surface area contributed by atoms with E-state index in [9.17, 15) is 9.59 Å². The highest BCUT2D eigenvalue weighted by Gasteiger charge is 2.09. The maximum atomic E-state index is 11.4. The van der Waals surface area contributed by atoms with E-state index in [1.165, 1.54) is 13.8 Å². The molecule has 6 heteroatoms. The second-order valence-corrected chi connectivity index (χ2v) is 8.71. The van der Waals surface area contributed by atoms with E-state index in [-0.39, 0.29) is 11.8 Å². The number of carbonyl (C=O) groups excluding carboxylic acids is 2. The van der Waals surface area contributed by atoms with Gasteiger partial charge in [0.2, 0.25) is 11.8 Å². The lowest BCUT2D eigenvalue weighted by atomic mass is 10.0. The minimum absolute atomic E-state index is 0.0907. The van der Waals surface area contributed by atoms with Gasteiger partial charge in [-0.3, -0.25) is 9.59 Å². The molecule has 0 aliphatic carbocycles. The molecule has 2 amide bonds. The van der Waals surface area contributed by atoms with E-state index in [4.69, 9.17) is 0 Å². The maximum absolute atomic E-state index is 11.4. The number of amides is 2. The van der Waals surface area contributed by atoms with Gasteiger partial charge < -0.3 is 20.6 Å². The number of aromatic nitrogens is 2. The molecule has 0 saturated carbocycles. The molecule has 178 valence electrons. The molecule has 5 rings (SSSR count). The van der Waals surface area contributed by atoms with E-state index in [1.54, 1.807) is 0 Å². The van der Waals surface area contributed by atoms with Gasteiger partial charge in [0.25, 0.3) is 0 Å². The number of hydrogen-bond acceptors (Lipinski definition) is 2. The van der Waals surface area contributed by atoms with Gasteiger partial charge in [0.1, 0.15) is 0 Å². The molecule has 2 aromatic heterocycles. The van der Waals surface area contributed by atoms with Gasteiger partial charge in [0, 0.05) is 49.0 Å². The summed E-state index contributed by atoms with van der Waals surface area (Å²) in [5.74, 6) is -0.184. The molecule has 0 bridgehead atoms. The second kappa shape index (κ2) is 9.80. The minimum Gasteiger partial charge on any atom is -0.361 e. The van der Waals surface area contributed by atoms with Crippen molar-refractivity contribution in [3.63, 3.8) is 0 Å². The van der Waals surface area contributed by atoms with Gasteiger partial charge in [-0.1, -0.05) is 42.5 Å². The lowest BCUT2D eigenvalue weighted by Crippen LogP contribution is -2.05. The molecule has 36 heavy (non-hydrogen) atoms. The molecular formula is C30H26N4O2. The summed E-state index contributed by atoms with van der Waals surface area (Å²) in [5.41, 5.74) is 9.84. The van der Waals surface area contributed by atoms with E-state index >= 15 is 0 Å². The van der Waals surface area contributed by atoms with E-state index in [0.717, 1.165) is 56.1 Å². The Labute approximate surface area is 209 Å². The third-order valence-corrected chi connectivity index (χ3v) is 5.88. The van der Waals surface area contributed by atoms with Crippen molar-refractivity contribution >= 4 is 23.2 Å². The van der Waals surface area contributed by atoms with Crippen LogP contribution < -0.4 is 10.6 Å². The number of rotatable bonds is 6. The molecule has 0 atom stereocenters. The van der Waals surface area contributed by atoms with Crippen molar-refractivity contribution in [2.45, 2.75) is 13.8 Å². The van der Waals surface area contributed by atoms with Crippen LogP contribution in [0.15, 0.2) is 97.3 Å². The van der Waals surface area contributed by atoms with Crippen LogP contribution in [0.2, 0.25) is 0 Å². The van der Waals surface area contributed by atoms with E-state index in [1.807, 2.05) is 67.0 Å². The summed E-state index contributed by atoms with van der Waals surface area (Å²) in [6.07, 6.45) is 3.97. The average Bonchev–Trinajstić information content (AvgIpc) is 3.55. The fourth-order valence-electron chi connectivity index (χ4n) is 4.27. The first-order chi connectivity index (χ1) is 17.4. The third kappa shape index (κ3) is 5.13. The highest BCUT2D eigenvalue weighted by atomic mass is 16.2. The monoisotopic (exact) mass is 474 g/mol. The predicted molar refractivity (Wildman–Crippen MR) is 145 cm³/mol. The first kappa shape index (κ1) is 22.9. The minimum atomic E-state index is -0.0935. The number of anilines is 2. The molecule has 0 aliphatic rings. The van der Waals surface area contributed by atoms with Crippen LogP contribution in [0.25, 0.3) is 44.8 Å². The van der Waals surface area contributed by atoms with Crippen LogP contribution in [0.1, 0.15) is 13.8 Å². The maximum Gasteiger partial charge on any atom is 0.221 e. The van der Waals surface area contributed by atoms with Gasteiger partial charge in [-0.2, -0.15) is 0 Å². The zero-order chi connectivity index (χ0) is 25.1. The smallest absolute Gasteiger partial charge is 0.221 e. The Morgan fingerprint density at radius 2 is 0.944 bits per heavy atom. The predicted octanol–water partition coefficient (Wildman–Crippen LogP) is 6.93. The van der Waals surface area contributed by atoms with Crippen LogP contribution in [-0.2, 0) is 9.59 Å². The zero-order valence-electron chi connectivity index (χ0n) is 20.1. The Morgan fingerprint density at radius 1 is 0.528 bits per heavy atom. The van der Waals surface area contributed by atoms with Crippen LogP contribution in [0.3, 0.4) is 0 Å². The van der Waals surface area contributed by atoms with Gasteiger partial charge in [0.15, 0.2) is 0 Å². The fourth-order valence-corrected chi connectivity index (χ4v) is 4.27. The highest BCUT2D eigenvalue weighted by molar-refractivity contribution is 5.90. The summed E-state index contributed by atoms with van der Waals surface area (Å²) in [5, 5.41) is 5.66. The number of carbonyl (C=O) groups is 2. The molecule has 3 aromatic carbocycles. The van der Waals surface area contributed by atoms with Crippen molar-refractivity contribution in [3.05, 3.63) is 97.3 Å².